The first-order valence-corrected chi connectivity index (χ1v) is 5.62. The molecule has 0 saturated heterocycles. The van der Waals surface area contributed by atoms with Gasteiger partial charge in [0.15, 0.2) is 0 Å². The third kappa shape index (κ3) is 2.30. The van der Waals surface area contributed by atoms with Crippen molar-refractivity contribution in [3.05, 3.63) is 17.5 Å². The second kappa shape index (κ2) is 4.59. The number of hydrogen-bond donors (Lipinski definition) is 1. The molecule has 1 aromatic rings. The van der Waals surface area contributed by atoms with E-state index >= 15 is 0 Å². The zero-order valence-electron chi connectivity index (χ0n) is 6.77. The molecule has 1 heterocycles. The van der Waals surface area contributed by atoms with Crippen molar-refractivity contribution in [2.45, 2.75) is 13.3 Å². The van der Waals surface area contributed by atoms with E-state index in [2.05, 4.69) is 0 Å². The van der Waals surface area contributed by atoms with Crippen LogP contribution in [0.15, 0.2) is 17.5 Å². The molecular formula is C7H11NO2S2. The molecule has 0 bridgehead atoms. The smallest absolute Gasteiger partial charge is 0.262 e. The Bertz CT molecular complexity index is 248. The van der Waals surface area contributed by atoms with E-state index in [0.717, 1.165) is 11.4 Å². The fraction of sp³-hybridized carbons (Fsp3) is 0.429. The maximum Gasteiger partial charge on any atom is 0.262 e. The second-order valence-corrected chi connectivity index (χ2v) is 4.11. The highest BCUT2D eigenvalue weighted by Gasteiger charge is 2.10. The molecule has 0 spiro atoms. The third-order valence-corrected chi connectivity index (χ3v) is 3.13. The highest BCUT2D eigenvalue weighted by atomic mass is 32.2. The van der Waals surface area contributed by atoms with Gasteiger partial charge >= 0.3 is 0 Å². The fourth-order valence-electron chi connectivity index (χ4n) is 0.880. The van der Waals surface area contributed by atoms with Crippen LogP contribution in [0, 0.1) is 0 Å². The summed E-state index contributed by atoms with van der Waals surface area (Å²) in [5.74, 6) is 0. The monoisotopic (exact) mass is 205 g/mol. The van der Waals surface area contributed by atoms with E-state index in [9.17, 15) is 4.21 Å². The maximum atomic E-state index is 10.8. The lowest BCUT2D eigenvalue weighted by atomic mass is 10.5. The van der Waals surface area contributed by atoms with Gasteiger partial charge in [-0.1, -0.05) is 6.92 Å². The SMILES string of the molecule is CCCN(c1cccs1)S(=O)O. The summed E-state index contributed by atoms with van der Waals surface area (Å²) in [5, 5.41) is 2.74. The van der Waals surface area contributed by atoms with Crippen LogP contribution in [0.2, 0.25) is 0 Å². The highest BCUT2D eigenvalue weighted by Crippen LogP contribution is 2.22. The molecule has 0 radical (unpaired) electrons. The summed E-state index contributed by atoms with van der Waals surface area (Å²) in [7, 11) is 0. The van der Waals surface area contributed by atoms with Crippen LogP contribution >= 0.6 is 11.3 Å². The average Bonchev–Trinajstić information content (AvgIpc) is 2.51. The van der Waals surface area contributed by atoms with E-state index < -0.39 is 11.3 Å². The minimum atomic E-state index is -1.89. The molecule has 0 saturated carbocycles. The van der Waals surface area contributed by atoms with Gasteiger partial charge in [-0.25, -0.2) is 4.21 Å². The van der Waals surface area contributed by atoms with E-state index in [1.54, 1.807) is 0 Å². The van der Waals surface area contributed by atoms with Crippen molar-refractivity contribution < 1.29 is 8.76 Å². The van der Waals surface area contributed by atoms with Crippen molar-refractivity contribution in [3.8, 4) is 0 Å². The maximum absolute atomic E-state index is 10.8. The molecule has 1 atom stereocenters. The summed E-state index contributed by atoms with van der Waals surface area (Å²) in [6.45, 7) is 2.59. The van der Waals surface area contributed by atoms with Gasteiger partial charge in [0, 0.05) is 6.54 Å². The number of anilines is 1. The summed E-state index contributed by atoms with van der Waals surface area (Å²) in [4.78, 5) is 0. The molecule has 0 aliphatic rings. The molecule has 0 amide bonds. The predicted molar refractivity (Wildman–Crippen MR) is 52.7 cm³/mol. The first kappa shape index (κ1) is 9.70. The summed E-state index contributed by atoms with van der Waals surface area (Å²) < 4.78 is 21.2. The lowest BCUT2D eigenvalue weighted by Gasteiger charge is -2.15. The van der Waals surface area contributed by atoms with Crippen molar-refractivity contribution >= 4 is 27.6 Å². The number of nitrogens with zero attached hydrogens (tertiary/aromatic N) is 1. The quantitative estimate of drug-likeness (QED) is 0.765. The van der Waals surface area contributed by atoms with Gasteiger partial charge in [0.2, 0.25) is 0 Å². The Balaban J connectivity index is 2.73. The number of hydrogen-bond acceptors (Lipinski definition) is 2. The summed E-state index contributed by atoms with van der Waals surface area (Å²) in [5.41, 5.74) is 0. The van der Waals surface area contributed by atoms with Crippen molar-refractivity contribution in [1.82, 2.24) is 0 Å². The summed E-state index contributed by atoms with van der Waals surface area (Å²) >= 11 is -0.417. The molecule has 0 aliphatic carbocycles. The minimum absolute atomic E-state index is 0.615. The molecule has 0 aliphatic heterocycles. The van der Waals surface area contributed by atoms with E-state index in [0.29, 0.717) is 6.54 Å². The molecule has 1 N–H and O–H groups in total. The van der Waals surface area contributed by atoms with Crippen molar-refractivity contribution in [1.29, 1.82) is 0 Å². The first-order valence-electron chi connectivity index (χ1n) is 3.67. The molecule has 1 aromatic heterocycles. The van der Waals surface area contributed by atoms with Crippen molar-refractivity contribution in [2.75, 3.05) is 10.8 Å². The average molecular weight is 205 g/mol. The fourth-order valence-corrected chi connectivity index (χ4v) is 2.42. The van der Waals surface area contributed by atoms with E-state index in [1.807, 2.05) is 24.4 Å². The standard InChI is InChI=1S/C7H11NO2S2/c1-2-5-8(12(9)10)7-4-3-6-11-7/h3-4,6H,2,5H2,1H3,(H,9,10). The Morgan fingerprint density at radius 1 is 1.75 bits per heavy atom. The van der Waals surface area contributed by atoms with Crippen molar-refractivity contribution in [3.63, 3.8) is 0 Å². The third-order valence-electron chi connectivity index (χ3n) is 1.37. The van der Waals surface area contributed by atoms with Crippen LogP contribution in [0.4, 0.5) is 5.00 Å². The van der Waals surface area contributed by atoms with E-state index in [1.165, 1.54) is 15.6 Å². The predicted octanol–water partition coefficient (Wildman–Crippen LogP) is 2.10. The largest absolute Gasteiger partial charge is 0.289 e. The Hall–Kier alpha value is -0.390. The van der Waals surface area contributed by atoms with E-state index in [-0.39, 0.29) is 0 Å². The summed E-state index contributed by atoms with van der Waals surface area (Å²) in [6, 6.07) is 3.71. The van der Waals surface area contributed by atoms with Gasteiger partial charge in [0.1, 0.15) is 5.00 Å². The second-order valence-electron chi connectivity index (χ2n) is 2.28. The molecule has 0 fully saturated rings. The molecule has 0 aromatic carbocycles. The van der Waals surface area contributed by atoms with Crippen molar-refractivity contribution in [2.24, 2.45) is 0 Å². The molecule has 5 heteroatoms. The highest BCUT2D eigenvalue weighted by molar-refractivity contribution is 7.81. The van der Waals surface area contributed by atoms with Gasteiger partial charge in [-0.3, -0.25) is 8.86 Å². The molecule has 12 heavy (non-hydrogen) atoms. The Morgan fingerprint density at radius 2 is 2.50 bits per heavy atom. The van der Waals surface area contributed by atoms with Gasteiger partial charge in [-0.15, -0.1) is 11.3 Å². The van der Waals surface area contributed by atoms with Crippen LogP contribution < -0.4 is 4.31 Å². The number of rotatable bonds is 4. The lowest BCUT2D eigenvalue weighted by molar-refractivity contribution is 0.558. The van der Waals surface area contributed by atoms with Crippen LogP contribution in [0.5, 0.6) is 0 Å². The molecule has 1 rings (SSSR count). The van der Waals surface area contributed by atoms with Crippen LogP contribution in [0.25, 0.3) is 0 Å². The normalized spacial score (nSPS) is 12.8. The Morgan fingerprint density at radius 3 is 2.92 bits per heavy atom. The zero-order valence-corrected chi connectivity index (χ0v) is 8.40. The van der Waals surface area contributed by atoms with Gasteiger partial charge in [-0.2, -0.15) is 0 Å². The zero-order chi connectivity index (χ0) is 8.97. The first-order chi connectivity index (χ1) is 5.75. The minimum Gasteiger partial charge on any atom is -0.289 e. The molecule has 68 valence electrons. The number of thiophene rings is 1. The summed E-state index contributed by atoms with van der Waals surface area (Å²) in [6.07, 6.45) is 0.865. The van der Waals surface area contributed by atoms with Crippen LogP contribution in [0.3, 0.4) is 0 Å². The molecular weight excluding hydrogens is 194 g/mol. The van der Waals surface area contributed by atoms with Gasteiger partial charge in [-0.05, 0) is 23.9 Å². The van der Waals surface area contributed by atoms with Crippen LogP contribution in [0.1, 0.15) is 13.3 Å². The van der Waals surface area contributed by atoms with Gasteiger partial charge < -0.3 is 0 Å². The Labute approximate surface area is 78.4 Å². The van der Waals surface area contributed by atoms with E-state index in [4.69, 9.17) is 4.55 Å². The lowest BCUT2D eigenvalue weighted by Crippen LogP contribution is -2.24. The van der Waals surface area contributed by atoms with Gasteiger partial charge in [0.25, 0.3) is 11.3 Å². The molecule has 3 nitrogen and oxygen atoms in total. The van der Waals surface area contributed by atoms with Crippen LogP contribution in [-0.2, 0) is 11.3 Å². The molecule has 1 unspecified atom stereocenters. The van der Waals surface area contributed by atoms with Crippen LogP contribution in [-0.4, -0.2) is 15.3 Å². The topological polar surface area (TPSA) is 40.5 Å². The Kier molecular flexibility index (Phi) is 3.71. The van der Waals surface area contributed by atoms with Gasteiger partial charge in [0.05, 0.1) is 0 Å².